The number of benzene rings is 2. The van der Waals surface area contributed by atoms with E-state index in [1.165, 1.54) is 9.08 Å². The largest absolute Gasteiger partial charge is 0.481 e. The van der Waals surface area contributed by atoms with Crippen LogP contribution in [0.15, 0.2) is 65.6 Å². The number of aromatic nitrogens is 4. The molecule has 0 bridgehead atoms. The highest BCUT2D eigenvalue weighted by molar-refractivity contribution is 6.39. The Hall–Kier alpha value is -4.79. The Kier molecular flexibility index (Phi) is 11.0. The maximum absolute atomic E-state index is 13.3. The molecular formula is C36H37Cl2N7O6. The minimum Gasteiger partial charge on any atom is -0.481 e. The summed E-state index contributed by atoms with van der Waals surface area (Å²) in [6, 6.07) is 16.9. The summed E-state index contributed by atoms with van der Waals surface area (Å²) in [7, 11) is 3.17. The molecule has 266 valence electrons. The van der Waals surface area contributed by atoms with Crippen LogP contribution in [0.25, 0.3) is 39.0 Å². The molecule has 51 heavy (non-hydrogen) atoms. The van der Waals surface area contributed by atoms with Crippen molar-refractivity contribution in [2.45, 2.75) is 44.5 Å². The van der Waals surface area contributed by atoms with Gasteiger partial charge in [-0.2, -0.15) is 5.10 Å². The van der Waals surface area contributed by atoms with Gasteiger partial charge in [0, 0.05) is 78.7 Å². The maximum Gasteiger partial charge on any atom is 0.306 e. The molecule has 1 unspecified atom stereocenters. The number of nitrogens with one attached hydrogen (secondary N) is 3. The average Bonchev–Trinajstić information content (AvgIpc) is 3.73. The number of aliphatic hydroxyl groups is 1. The first kappa shape index (κ1) is 36.0. The molecule has 6 rings (SSSR count). The standard InChI is InChI=1S/C36H37Cl2N7O6/c1-44-30(18-40-17-23(46)14-32(48)49)43-45-19-21(13-29(45)36(44)50)24-5-3-6-25(33(24)37)26-7-4-8-27(34(26)38)28-11-9-20(35(42-28)51-2)15-39-16-22-10-12-31(47)41-22/h3-9,11,13,19,22-23,39-40,46H,10,12,14-18H2,1-2H3,(H,41,47)(H,48,49)/t22-,23?/m0/s1. The molecule has 1 saturated heterocycles. The van der Waals surface area contributed by atoms with E-state index in [1.807, 2.05) is 48.5 Å². The number of rotatable bonds is 14. The van der Waals surface area contributed by atoms with Crippen LogP contribution in [0, 0.1) is 0 Å². The van der Waals surface area contributed by atoms with Crippen molar-refractivity contribution in [3.63, 3.8) is 0 Å². The number of fused-ring (bicyclic) bond motifs is 1. The van der Waals surface area contributed by atoms with Crippen molar-refractivity contribution in [3.8, 4) is 39.4 Å². The van der Waals surface area contributed by atoms with Gasteiger partial charge in [-0.25, -0.2) is 9.50 Å². The zero-order chi connectivity index (χ0) is 36.2. The second-order valence-corrected chi connectivity index (χ2v) is 13.1. The highest BCUT2D eigenvalue weighted by atomic mass is 35.5. The Labute approximate surface area is 303 Å². The van der Waals surface area contributed by atoms with Crippen molar-refractivity contribution in [3.05, 3.63) is 92.6 Å². The predicted molar refractivity (Wildman–Crippen MR) is 194 cm³/mol. The van der Waals surface area contributed by atoms with E-state index in [4.69, 9.17) is 38.0 Å². The Morgan fingerprint density at radius 1 is 1.04 bits per heavy atom. The first-order chi connectivity index (χ1) is 24.5. The normalized spacial score (nSPS) is 14.9. The number of hydrogen-bond donors (Lipinski definition) is 5. The van der Waals surface area contributed by atoms with Crippen LogP contribution in [0.2, 0.25) is 10.0 Å². The van der Waals surface area contributed by atoms with Crippen molar-refractivity contribution in [1.29, 1.82) is 0 Å². The van der Waals surface area contributed by atoms with Crippen molar-refractivity contribution >= 4 is 40.6 Å². The predicted octanol–water partition coefficient (Wildman–Crippen LogP) is 4.04. The fourth-order valence-electron chi connectivity index (χ4n) is 6.14. The molecule has 1 aliphatic heterocycles. The summed E-state index contributed by atoms with van der Waals surface area (Å²) in [5, 5.41) is 33.5. The fourth-order valence-corrected chi connectivity index (χ4v) is 6.80. The van der Waals surface area contributed by atoms with Gasteiger partial charge in [0.15, 0.2) is 0 Å². The smallest absolute Gasteiger partial charge is 0.306 e. The molecular weight excluding hydrogens is 697 g/mol. The average molecular weight is 735 g/mol. The molecule has 0 radical (unpaired) electrons. The zero-order valence-corrected chi connectivity index (χ0v) is 29.5. The van der Waals surface area contributed by atoms with Crippen LogP contribution in [0.1, 0.15) is 30.7 Å². The topological polar surface area (TPSA) is 172 Å². The van der Waals surface area contributed by atoms with Gasteiger partial charge in [0.2, 0.25) is 11.8 Å². The summed E-state index contributed by atoms with van der Waals surface area (Å²) in [6.07, 6.45) is 1.62. The third-order valence-corrected chi connectivity index (χ3v) is 9.62. The van der Waals surface area contributed by atoms with E-state index in [1.54, 1.807) is 26.4 Å². The molecule has 5 aromatic rings. The molecule has 13 nitrogen and oxygen atoms in total. The summed E-state index contributed by atoms with van der Waals surface area (Å²) in [6.45, 7) is 1.34. The van der Waals surface area contributed by atoms with E-state index in [2.05, 4.69) is 21.0 Å². The number of carboxylic acids is 1. The van der Waals surface area contributed by atoms with Crippen LogP contribution >= 0.6 is 23.2 Å². The minimum absolute atomic E-state index is 0.0268. The first-order valence-corrected chi connectivity index (χ1v) is 17.1. The molecule has 15 heteroatoms. The Bertz CT molecular complexity index is 2170. The van der Waals surface area contributed by atoms with Crippen molar-refractivity contribution in [2.75, 3.05) is 20.2 Å². The molecule has 2 atom stereocenters. The van der Waals surface area contributed by atoms with Crippen LogP contribution in [0.4, 0.5) is 0 Å². The number of amides is 1. The Balaban J connectivity index is 1.25. The lowest BCUT2D eigenvalue weighted by atomic mass is 9.97. The highest BCUT2D eigenvalue weighted by Gasteiger charge is 2.21. The van der Waals surface area contributed by atoms with Gasteiger partial charge in [-0.3, -0.25) is 19.0 Å². The summed E-state index contributed by atoms with van der Waals surface area (Å²) in [5.74, 6) is -0.160. The molecule has 0 aliphatic carbocycles. The number of carbonyl (C=O) groups is 2. The number of aliphatic carboxylic acids is 1. The van der Waals surface area contributed by atoms with Gasteiger partial charge in [-0.05, 0) is 18.6 Å². The number of methoxy groups -OCH3 is 1. The van der Waals surface area contributed by atoms with Crippen LogP contribution in [0.3, 0.4) is 0 Å². The number of carboxylic acid groups (broad SMARTS) is 1. The third-order valence-electron chi connectivity index (χ3n) is 8.81. The minimum atomic E-state index is -1.10. The molecule has 4 heterocycles. The van der Waals surface area contributed by atoms with Gasteiger partial charge in [-0.1, -0.05) is 65.7 Å². The van der Waals surface area contributed by atoms with Gasteiger partial charge in [0.25, 0.3) is 5.56 Å². The van der Waals surface area contributed by atoms with E-state index in [0.717, 1.165) is 12.0 Å². The lowest BCUT2D eigenvalue weighted by molar-refractivity contribution is -0.139. The van der Waals surface area contributed by atoms with Gasteiger partial charge in [0.05, 0.1) is 41.9 Å². The molecule has 1 aliphatic rings. The number of ether oxygens (including phenoxy) is 1. The molecule has 5 N–H and O–H groups in total. The highest BCUT2D eigenvalue weighted by Crippen LogP contribution is 2.42. The number of nitrogens with zero attached hydrogens (tertiary/aromatic N) is 4. The van der Waals surface area contributed by atoms with Gasteiger partial charge < -0.3 is 30.9 Å². The van der Waals surface area contributed by atoms with E-state index < -0.39 is 18.5 Å². The number of carbonyl (C=O) groups excluding carboxylic acids is 1. The summed E-state index contributed by atoms with van der Waals surface area (Å²) in [5.41, 5.74) is 4.98. The Morgan fingerprint density at radius 3 is 2.43 bits per heavy atom. The van der Waals surface area contributed by atoms with Gasteiger partial charge in [0.1, 0.15) is 11.3 Å². The van der Waals surface area contributed by atoms with Crippen LogP contribution in [-0.2, 0) is 29.7 Å². The molecule has 1 fully saturated rings. The van der Waals surface area contributed by atoms with Gasteiger partial charge >= 0.3 is 5.97 Å². The quantitative estimate of drug-likeness (QED) is 0.112. The second-order valence-electron chi connectivity index (χ2n) is 12.4. The zero-order valence-electron chi connectivity index (χ0n) is 28.0. The second kappa shape index (κ2) is 15.6. The van der Waals surface area contributed by atoms with E-state index in [-0.39, 0.29) is 30.6 Å². The van der Waals surface area contributed by atoms with Crippen LogP contribution < -0.4 is 26.2 Å². The number of pyridine rings is 1. The number of halogens is 2. The maximum atomic E-state index is 13.3. The monoisotopic (exact) mass is 733 g/mol. The van der Waals surface area contributed by atoms with E-state index in [0.29, 0.717) is 80.3 Å². The van der Waals surface area contributed by atoms with Crippen molar-refractivity contribution in [2.24, 2.45) is 7.05 Å². The van der Waals surface area contributed by atoms with E-state index >= 15 is 0 Å². The number of aliphatic hydroxyl groups excluding tert-OH is 1. The van der Waals surface area contributed by atoms with E-state index in [9.17, 15) is 19.5 Å². The molecule has 1 amide bonds. The van der Waals surface area contributed by atoms with Crippen molar-refractivity contribution in [1.82, 2.24) is 35.1 Å². The summed E-state index contributed by atoms with van der Waals surface area (Å²) >= 11 is 14.1. The lowest BCUT2D eigenvalue weighted by Gasteiger charge is -2.15. The lowest BCUT2D eigenvalue weighted by Crippen LogP contribution is -2.35. The third kappa shape index (κ3) is 7.92. The summed E-state index contributed by atoms with van der Waals surface area (Å²) < 4.78 is 8.52. The SMILES string of the molecule is COc1nc(-c2cccc(-c3cccc(-c4cc5c(=O)n(C)c(CNCC(O)CC(=O)O)nn5c4)c3Cl)c2Cl)ccc1CNC[C@@H]1CCC(=O)N1. The number of hydrogen-bond acceptors (Lipinski definition) is 9. The van der Waals surface area contributed by atoms with Crippen LogP contribution in [0.5, 0.6) is 5.88 Å². The first-order valence-electron chi connectivity index (χ1n) is 16.3. The summed E-state index contributed by atoms with van der Waals surface area (Å²) in [4.78, 5) is 40.4. The molecule has 0 spiro atoms. The van der Waals surface area contributed by atoms with Gasteiger partial charge in [-0.15, -0.1) is 0 Å². The Morgan fingerprint density at radius 2 is 1.75 bits per heavy atom. The molecule has 2 aromatic carbocycles. The molecule has 3 aromatic heterocycles. The van der Waals surface area contributed by atoms with Crippen molar-refractivity contribution < 1.29 is 24.5 Å². The molecule has 0 saturated carbocycles. The fraction of sp³-hybridized carbons (Fsp3) is 0.306. The van der Waals surface area contributed by atoms with Crippen LogP contribution in [-0.4, -0.2) is 73.6 Å².